The van der Waals surface area contributed by atoms with Crippen molar-refractivity contribution in [1.82, 2.24) is 15.2 Å². The topological polar surface area (TPSA) is 95.3 Å². The number of pyridine rings is 1. The maximum atomic E-state index is 12.1. The van der Waals surface area contributed by atoms with Gasteiger partial charge in [0.25, 0.3) is 0 Å². The van der Waals surface area contributed by atoms with Gasteiger partial charge in [-0.05, 0) is 36.8 Å². The number of carbonyl (C=O) groups excluding carboxylic acids is 2. The minimum absolute atomic E-state index is 0.0933. The van der Waals surface area contributed by atoms with Gasteiger partial charge in [-0.25, -0.2) is 0 Å². The Hall–Kier alpha value is -3.28. The number of aryl methyl sites for hydroxylation is 1. The molecule has 2 amide bonds. The van der Waals surface area contributed by atoms with Crippen LogP contribution in [0.1, 0.15) is 35.8 Å². The molecule has 2 aliphatic heterocycles. The number of benzene rings is 1. The molecular formula is C25H24N4O3S. The van der Waals surface area contributed by atoms with Gasteiger partial charge < -0.3 is 10.1 Å². The zero-order valence-corrected chi connectivity index (χ0v) is 19.4. The molecule has 168 valence electrons. The fraction of sp³-hybridized carbons (Fsp3) is 0.360. The standard InChI is InChI=1S/C25H24N4O3S/c1-15-7-16(10-26)8-19(23(15)32-14-25(2)12-27-13-25)18-5-6-28-20-9-17(33-24(18)20)11-29-21(30)3-4-22(29)31/h5-9,27H,3-4,11-14H2,1-2H3. The Labute approximate surface area is 196 Å². The molecule has 2 saturated heterocycles. The highest BCUT2D eigenvalue weighted by atomic mass is 32.1. The Bertz CT molecular complexity index is 1300. The van der Waals surface area contributed by atoms with Crippen molar-refractivity contribution in [3.05, 3.63) is 46.5 Å². The van der Waals surface area contributed by atoms with Crippen LogP contribution in [0.5, 0.6) is 5.75 Å². The number of ether oxygens (including phenoxy) is 1. The summed E-state index contributed by atoms with van der Waals surface area (Å²) in [6.07, 6.45) is 2.31. The molecule has 8 heteroatoms. The maximum Gasteiger partial charge on any atom is 0.230 e. The van der Waals surface area contributed by atoms with Gasteiger partial charge >= 0.3 is 0 Å². The van der Waals surface area contributed by atoms with Crippen molar-refractivity contribution in [3.8, 4) is 22.9 Å². The predicted octanol–water partition coefficient (Wildman–Crippen LogP) is 3.78. The van der Waals surface area contributed by atoms with Gasteiger partial charge in [-0.15, -0.1) is 11.3 Å². The van der Waals surface area contributed by atoms with Crippen LogP contribution in [-0.2, 0) is 16.1 Å². The quantitative estimate of drug-likeness (QED) is 0.563. The van der Waals surface area contributed by atoms with Crippen LogP contribution in [0.2, 0.25) is 0 Å². The lowest BCUT2D eigenvalue weighted by Crippen LogP contribution is -2.54. The summed E-state index contributed by atoms with van der Waals surface area (Å²) in [5.41, 5.74) is 4.17. The van der Waals surface area contributed by atoms with E-state index in [1.54, 1.807) is 6.20 Å². The van der Waals surface area contributed by atoms with E-state index in [0.29, 0.717) is 12.2 Å². The number of amides is 2. The van der Waals surface area contributed by atoms with E-state index < -0.39 is 0 Å². The van der Waals surface area contributed by atoms with Gasteiger partial charge in [0.2, 0.25) is 11.8 Å². The summed E-state index contributed by atoms with van der Waals surface area (Å²) in [7, 11) is 0. The molecule has 0 unspecified atom stereocenters. The first kappa shape index (κ1) is 21.6. The Morgan fingerprint density at radius 2 is 1.97 bits per heavy atom. The van der Waals surface area contributed by atoms with Crippen molar-refractivity contribution in [3.63, 3.8) is 0 Å². The van der Waals surface area contributed by atoms with Crippen molar-refractivity contribution < 1.29 is 14.3 Å². The molecule has 33 heavy (non-hydrogen) atoms. The number of carbonyl (C=O) groups is 2. The van der Waals surface area contributed by atoms with E-state index in [2.05, 4.69) is 23.3 Å². The number of rotatable bonds is 6. The van der Waals surface area contributed by atoms with Crippen LogP contribution in [-0.4, -0.2) is 41.4 Å². The predicted molar refractivity (Wildman–Crippen MR) is 126 cm³/mol. The number of likely N-dealkylation sites (tertiary alicyclic amines) is 1. The minimum Gasteiger partial charge on any atom is -0.492 e. The summed E-state index contributed by atoms with van der Waals surface area (Å²) in [6, 6.07) is 9.84. The second-order valence-electron chi connectivity index (χ2n) is 9.14. The van der Waals surface area contributed by atoms with Crippen LogP contribution in [0.25, 0.3) is 21.3 Å². The highest BCUT2D eigenvalue weighted by Crippen LogP contribution is 2.41. The first-order valence-corrected chi connectivity index (χ1v) is 11.8. The van der Waals surface area contributed by atoms with E-state index in [4.69, 9.17) is 4.74 Å². The molecule has 0 atom stereocenters. The van der Waals surface area contributed by atoms with Gasteiger partial charge in [0, 0.05) is 53.5 Å². The molecule has 0 spiro atoms. The summed E-state index contributed by atoms with van der Waals surface area (Å²) in [5.74, 6) is 0.518. The van der Waals surface area contributed by atoms with E-state index in [1.807, 2.05) is 31.2 Å². The molecular weight excluding hydrogens is 436 g/mol. The van der Waals surface area contributed by atoms with Gasteiger partial charge in [-0.2, -0.15) is 5.26 Å². The molecule has 2 aromatic heterocycles. The summed E-state index contributed by atoms with van der Waals surface area (Å²) < 4.78 is 7.30. The number of nitrogens with one attached hydrogen (secondary N) is 1. The van der Waals surface area contributed by atoms with E-state index >= 15 is 0 Å². The number of thiophene rings is 1. The first-order chi connectivity index (χ1) is 15.9. The molecule has 2 fully saturated rings. The third-order valence-corrected chi connectivity index (χ3v) is 7.44. The average Bonchev–Trinajstić information content (AvgIpc) is 3.34. The molecule has 3 aromatic rings. The van der Waals surface area contributed by atoms with Crippen molar-refractivity contribution >= 4 is 33.4 Å². The molecule has 0 radical (unpaired) electrons. The van der Waals surface area contributed by atoms with Crippen LogP contribution in [0, 0.1) is 23.7 Å². The van der Waals surface area contributed by atoms with Crippen molar-refractivity contribution in [2.45, 2.75) is 33.2 Å². The third kappa shape index (κ3) is 3.99. The molecule has 0 aliphatic carbocycles. The molecule has 2 aliphatic rings. The van der Waals surface area contributed by atoms with Gasteiger partial charge in [0.1, 0.15) is 5.75 Å². The number of fused-ring (bicyclic) bond motifs is 1. The lowest BCUT2D eigenvalue weighted by molar-refractivity contribution is -0.138. The smallest absolute Gasteiger partial charge is 0.230 e. The second-order valence-corrected chi connectivity index (χ2v) is 10.3. The molecule has 5 rings (SSSR count). The summed E-state index contributed by atoms with van der Waals surface area (Å²) in [5, 5.41) is 12.9. The van der Waals surface area contributed by atoms with Crippen LogP contribution in [0.3, 0.4) is 0 Å². The van der Waals surface area contributed by atoms with Crippen molar-refractivity contribution in [1.29, 1.82) is 5.26 Å². The van der Waals surface area contributed by atoms with E-state index in [9.17, 15) is 14.9 Å². The largest absolute Gasteiger partial charge is 0.492 e. The highest BCUT2D eigenvalue weighted by Gasteiger charge is 2.33. The first-order valence-electron chi connectivity index (χ1n) is 11.0. The van der Waals surface area contributed by atoms with Crippen molar-refractivity contribution in [2.75, 3.05) is 19.7 Å². The zero-order valence-electron chi connectivity index (χ0n) is 18.6. The zero-order chi connectivity index (χ0) is 23.2. The molecule has 4 heterocycles. The maximum absolute atomic E-state index is 12.1. The number of aromatic nitrogens is 1. The van der Waals surface area contributed by atoms with E-state index in [-0.39, 0.29) is 36.6 Å². The second kappa shape index (κ2) is 8.25. The van der Waals surface area contributed by atoms with Crippen molar-refractivity contribution in [2.24, 2.45) is 5.41 Å². The number of hydrogen-bond acceptors (Lipinski definition) is 7. The third-order valence-electron chi connectivity index (χ3n) is 6.29. The van der Waals surface area contributed by atoms with Gasteiger partial charge in [-0.3, -0.25) is 19.5 Å². The number of nitrogens with zero attached hydrogens (tertiary/aromatic N) is 3. The molecule has 7 nitrogen and oxygen atoms in total. The summed E-state index contributed by atoms with van der Waals surface area (Å²) in [6.45, 7) is 6.84. The summed E-state index contributed by atoms with van der Waals surface area (Å²) in [4.78, 5) is 30.9. The number of nitriles is 1. The molecule has 1 aromatic carbocycles. The minimum atomic E-state index is -0.127. The van der Waals surface area contributed by atoms with Gasteiger partial charge in [-0.1, -0.05) is 6.92 Å². The number of hydrogen-bond donors (Lipinski definition) is 1. The molecule has 0 saturated carbocycles. The fourth-order valence-electron chi connectivity index (χ4n) is 4.36. The summed E-state index contributed by atoms with van der Waals surface area (Å²) >= 11 is 1.52. The Morgan fingerprint density at radius 1 is 1.21 bits per heavy atom. The highest BCUT2D eigenvalue weighted by molar-refractivity contribution is 7.19. The van der Waals surface area contributed by atoms with E-state index in [1.165, 1.54) is 16.2 Å². The lowest BCUT2D eigenvalue weighted by Gasteiger charge is -2.39. The van der Waals surface area contributed by atoms with E-state index in [0.717, 1.165) is 50.6 Å². The Balaban J connectivity index is 1.56. The Morgan fingerprint density at radius 3 is 2.64 bits per heavy atom. The Kier molecular flexibility index (Phi) is 5.39. The fourth-order valence-corrected chi connectivity index (χ4v) is 5.49. The average molecular weight is 461 g/mol. The molecule has 1 N–H and O–H groups in total. The SMILES string of the molecule is Cc1cc(C#N)cc(-c2ccnc3cc(CN4C(=O)CCC4=O)sc23)c1OCC1(C)CNC1. The van der Waals surface area contributed by atoms with Crippen LogP contribution >= 0.6 is 11.3 Å². The van der Waals surface area contributed by atoms with Crippen LogP contribution in [0.4, 0.5) is 0 Å². The monoisotopic (exact) mass is 460 g/mol. The van der Waals surface area contributed by atoms with Gasteiger partial charge in [0.05, 0.1) is 35.0 Å². The van der Waals surface area contributed by atoms with Gasteiger partial charge in [0.15, 0.2) is 0 Å². The molecule has 0 bridgehead atoms. The van der Waals surface area contributed by atoms with Crippen LogP contribution < -0.4 is 10.1 Å². The number of imide groups is 1. The normalized spacial score (nSPS) is 17.3. The van der Waals surface area contributed by atoms with Crippen LogP contribution in [0.15, 0.2) is 30.5 Å². The lowest BCUT2D eigenvalue weighted by atomic mass is 9.85.